The molecule has 0 spiro atoms. The Morgan fingerprint density at radius 1 is 1.07 bits per heavy atom. The molecule has 3 heterocycles. The predicted molar refractivity (Wildman–Crippen MR) is 109 cm³/mol. The number of aromatic nitrogens is 4. The van der Waals surface area contributed by atoms with Gasteiger partial charge in [-0.15, -0.1) is 10.2 Å². The molecule has 1 aliphatic rings. The summed E-state index contributed by atoms with van der Waals surface area (Å²) in [6, 6.07) is 10.4. The minimum absolute atomic E-state index is 0.155. The van der Waals surface area contributed by atoms with Gasteiger partial charge in [-0.25, -0.2) is 8.42 Å². The fourth-order valence-corrected chi connectivity index (χ4v) is 4.29. The SMILES string of the molecule is Cc1nnc2ccc(-c3cccc(NS(=O)(=O)CCN4C(=O)CCCC4=O)c3)nn12. The summed E-state index contributed by atoms with van der Waals surface area (Å²) in [5.74, 6) is -0.368. The molecule has 1 fully saturated rings. The average Bonchev–Trinajstić information content (AvgIpc) is 3.08. The molecule has 10 nitrogen and oxygen atoms in total. The lowest BCUT2D eigenvalue weighted by Crippen LogP contribution is -2.43. The van der Waals surface area contributed by atoms with Gasteiger partial charge in [0.15, 0.2) is 11.5 Å². The number of anilines is 1. The molecule has 2 amide bonds. The van der Waals surface area contributed by atoms with Gasteiger partial charge in [0.2, 0.25) is 21.8 Å². The number of likely N-dealkylation sites (tertiary alicyclic amines) is 1. The first-order valence-corrected chi connectivity index (χ1v) is 11.1. The van der Waals surface area contributed by atoms with Crippen LogP contribution in [0.4, 0.5) is 5.69 Å². The van der Waals surface area contributed by atoms with Crippen LogP contribution in [0.2, 0.25) is 0 Å². The first-order chi connectivity index (χ1) is 14.3. The molecule has 0 unspecified atom stereocenters. The highest BCUT2D eigenvalue weighted by molar-refractivity contribution is 7.92. The Kier molecular flexibility index (Phi) is 5.20. The molecule has 1 aliphatic heterocycles. The van der Waals surface area contributed by atoms with Gasteiger partial charge in [0, 0.05) is 30.6 Å². The maximum atomic E-state index is 12.5. The molecule has 1 N–H and O–H groups in total. The van der Waals surface area contributed by atoms with Gasteiger partial charge in [0.05, 0.1) is 11.4 Å². The van der Waals surface area contributed by atoms with Crippen LogP contribution in [-0.2, 0) is 19.6 Å². The number of carbonyl (C=O) groups excluding carboxylic acids is 2. The third-order valence-corrected chi connectivity index (χ3v) is 6.08. The van der Waals surface area contributed by atoms with Crippen LogP contribution in [0, 0.1) is 6.92 Å². The zero-order valence-corrected chi connectivity index (χ0v) is 17.1. The van der Waals surface area contributed by atoms with E-state index in [0.717, 1.165) is 4.90 Å². The van der Waals surface area contributed by atoms with Crippen LogP contribution in [-0.4, -0.2) is 57.2 Å². The fourth-order valence-electron chi connectivity index (χ4n) is 3.28. The highest BCUT2D eigenvalue weighted by Crippen LogP contribution is 2.22. The number of amides is 2. The van der Waals surface area contributed by atoms with Crippen molar-refractivity contribution < 1.29 is 18.0 Å². The lowest BCUT2D eigenvalue weighted by atomic mass is 10.1. The van der Waals surface area contributed by atoms with Gasteiger partial charge in [-0.05, 0) is 37.6 Å². The Balaban J connectivity index is 1.49. The number of hydrogen-bond donors (Lipinski definition) is 1. The maximum Gasteiger partial charge on any atom is 0.234 e. The molecule has 1 saturated heterocycles. The van der Waals surface area contributed by atoms with Gasteiger partial charge in [-0.2, -0.15) is 9.61 Å². The summed E-state index contributed by atoms with van der Waals surface area (Å²) in [4.78, 5) is 24.7. The quantitative estimate of drug-likeness (QED) is 0.588. The van der Waals surface area contributed by atoms with Crippen molar-refractivity contribution in [2.75, 3.05) is 17.0 Å². The molecular weight excluding hydrogens is 408 g/mol. The molecule has 4 rings (SSSR count). The molecule has 0 radical (unpaired) electrons. The number of piperidine rings is 1. The van der Waals surface area contributed by atoms with E-state index in [2.05, 4.69) is 20.0 Å². The topological polar surface area (TPSA) is 127 Å². The predicted octanol–water partition coefficient (Wildman–Crippen LogP) is 1.38. The van der Waals surface area contributed by atoms with Gasteiger partial charge in [-0.3, -0.25) is 19.2 Å². The Hall–Kier alpha value is -3.34. The number of sulfonamides is 1. The first-order valence-electron chi connectivity index (χ1n) is 9.46. The number of hydrogen-bond acceptors (Lipinski definition) is 7. The van der Waals surface area contributed by atoms with Crippen LogP contribution in [0.15, 0.2) is 36.4 Å². The molecule has 0 saturated carbocycles. The van der Waals surface area contributed by atoms with Crippen LogP contribution in [0.3, 0.4) is 0 Å². The number of nitrogens with one attached hydrogen (secondary N) is 1. The van der Waals surface area contributed by atoms with E-state index in [-0.39, 0.29) is 37.0 Å². The number of rotatable bonds is 6. The van der Waals surface area contributed by atoms with Gasteiger partial charge in [0.1, 0.15) is 0 Å². The second kappa shape index (κ2) is 7.82. The Labute approximate surface area is 173 Å². The molecule has 3 aromatic rings. The van der Waals surface area contributed by atoms with Crippen LogP contribution in [0.1, 0.15) is 25.1 Å². The van der Waals surface area contributed by atoms with Gasteiger partial charge in [0.25, 0.3) is 0 Å². The second-order valence-electron chi connectivity index (χ2n) is 7.03. The van der Waals surface area contributed by atoms with E-state index in [4.69, 9.17) is 0 Å². The van der Waals surface area contributed by atoms with Crippen molar-refractivity contribution in [3.05, 3.63) is 42.2 Å². The van der Waals surface area contributed by atoms with Crippen molar-refractivity contribution in [2.45, 2.75) is 26.2 Å². The van der Waals surface area contributed by atoms with Crippen LogP contribution >= 0.6 is 0 Å². The monoisotopic (exact) mass is 428 g/mol. The highest BCUT2D eigenvalue weighted by Gasteiger charge is 2.27. The van der Waals surface area contributed by atoms with Gasteiger partial charge < -0.3 is 0 Å². The van der Waals surface area contributed by atoms with Gasteiger partial charge >= 0.3 is 0 Å². The number of nitrogens with zero attached hydrogens (tertiary/aromatic N) is 5. The van der Waals surface area contributed by atoms with Crippen molar-refractivity contribution in [1.82, 2.24) is 24.7 Å². The Bertz CT molecular complexity index is 1220. The van der Waals surface area contributed by atoms with Crippen molar-refractivity contribution >= 4 is 33.2 Å². The van der Waals surface area contributed by atoms with Crippen molar-refractivity contribution in [2.24, 2.45) is 0 Å². The molecule has 0 atom stereocenters. The molecule has 1 aromatic carbocycles. The third-order valence-electron chi connectivity index (χ3n) is 4.82. The summed E-state index contributed by atoms with van der Waals surface area (Å²) < 4.78 is 29.1. The lowest BCUT2D eigenvalue weighted by Gasteiger charge is -2.24. The lowest BCUT2D eigenvalue weighted by molar-refractivity contribution is -0.147. The largest absolute Gasteiger partial charge is 0.283 e. The molecule has 11 heteroatoms. The molecule has 156 valence electrons. The Morgan fingerprint density at radius 2 is 1.83 bits per heavy atom. The minimum Gasteiger partial charge on any atom is -0.283 e. The molecule has 0 bridgehead atoms. The number of aryl methyl sites for hydroxylation is 1. The second-order valence-corrected chi connectivity index (χ2v) is 8.87. The summed E-state index contributed by atoms with van der Waals surface area (Å²) in [5.41, 5.74) is 2.34. The maximum absolute atomic E-state index is 12.5. The van der Waals surface area contributed by atoms with Crippen molar-refractivity contribution in [1.29, 1.82) is 0 Å². The summed E-state index contributed by atoms with van der Waals surface area (Å²) in [6.45, 7) is 1.64. The zero-order valence-electron chi connectivity index (χ0n) is 16.3. The summed E-state index contributed by atoms with van der Waals surface area (Å²) >= 11 is 0. The van der Waals surface area contributed by atoms with Crippen LogP contribution in [0.25, 0.3) is 16.9 Å². The smallest absolute Gasteiger partial charge is 0.234 e. The van der Waals surface area contributed by atoms with E-state index in [0.29, 0.717) is 34.8 Å². The minimum atomic E-state index is -3.75. The fraction of sp³-hybridized carbons (Fsp3) is 0.316. The van der Waals surface area contributed by atoms with E-state index in [1.165, 1.54) is 0 Å². The summed E-state index contributed by atoms with van der Waals surface area (Å²) in [6.07, 6.45) is 1.05. The third kappa shape index (κ3) is 4.15. The van der Waals surface area contributed by atoms with Crippen LogP contribution in [0.5, 0.6) is 0 Å². The van der Waals surface area contributed by atoms with E-state index in [9.17, 15) is 18.0 Å². The molecular formula is C19H20N6O4S. The highest BCUT2D eigenvalue weighted by atomic mass is 32.2. The average molecular weight is 428 g/mol. The van der Waals surface area contributed by atoms with Gasteiger partial charge in [-0.1, -0.05) is 12.1 Å². The summed E-state index contributed by atoms with van der Waals surface area (Å²) in [5, 5.41) is 12.5. The molecule has 2 aromatic heterocycles. The van der Waals surface area contributed by atoms with Crippen LogP contribution < -0.4 is 4.72 Å². The van der Waals surface area contributed by atoms with E-state index in [1.807, 2.05) is 6.07 Å². The number of fused-ring (bicyclic) bond motifs is 1. The molecule has 30 heavy (non-hydrogen) atoms. The standard InChI is InChI=1S/C19H20N6O4S/c1-13-20-21-17-9-8-16(22-25(13)17)14-4-2-5-15(12-14)23-30(28,29)11-10-24-18(26)6-3-7-19(24)27/h2,4-5,8-9,12,23H,3,6-7,10-11H2,1H3. The van der Waals surface area contributed by atoms with Crippen molar-refractivity contribution in [3.63, 3.8) is 0 Å². The molecule has 0 aliphatic carbocycles. The van der Waals surface area contributed by atoms with E-state index < -0.39 is 10.0 Å². The van der Waals surface area contributed by atoms with E-state index >= 15 is 0 Å². The van der Waals surface area contributed by atoms with Crippen molar-refractivity contribution in [3.8, 4) is 11.3 Å². The normalized spacial score (nSPS) is 15.0. The number of imide groups is 1. The number of benzene rings is 1. The summed E-state index contributed by atoms with van der Waals surface area (Å²) in [7, 11) is -3.75. The zero-order chi connectivity index (χ0) is 21.3. The van der Waals surface area contributed by atoms with E-state index in [1.54, 1.807) is 41.8 Å². The first kappa shape index (κ1) is 20.0. The Morgan fingerprint density at radius 3 is 2.60 bits per heavy atom. The number of carbonyl (C=O) groups is 2.